The second-order valence-corrected chi connectivity index (χ2v) is 6.97. The Hall–Kier alpha value is -1.35. The zero-order valence-electron chi connectivity index (χ0n) is 13.5. The minimum atomic E-state index is -3.58. The van der Waals surface area contributed by atoms with Crippen LogP contribution < -0.4 is 15.8 Å². The van der Waals surface area contributed by atoms with Crippen molar-refractivity contribution >= 4 is 34.0 Å². The lowest BCUT2D eigenvalue weighted by Crippen LogP contribution is -2.22. The van der Waals surface area contributed by atoms with Crippen LogP contribution in [0.5, 0.6) is 5.75 Å². The van der Waals surface area contributed by atoms with E-state index in [1.165, 1.54) is 26.2 Å². The summed E-state index contributed by atoms with van der Waals surface area (Å²) in [6, 6.07) is 4.40. The molecule has 0 aromatic heterocycles. The van der Waals surface area contributed by atoms with Gasteiger partial charge in [-0.2, -0.15) is 0 Å². The number of carbonyl (C=O) groups excluding carboxylic acids is 1. The van der Waals surface area contributed by atoms with Crippen molar-refractivity contribution in [2.24, 2.45) is 5.73 Å². The topological polar surface area (TPSA) is 102 Å². The van der Waals surface area contributed by atoms with E-state index in [9.17, 15) is 13.2 Å². The van der Waals surface area contributed by atoms with Gasteiger partial charge in [0.1, 0.15) is 5.75 Å². The highest BCUT2D eigenvalue weighted by Crippen LogP contribution is 2.29. The van der Waals surface area contributed by atoms with Crippen LogP contribution in [-0.2, 0) is 14.8 Å². The predicted molar refractivity (Wildman–Crippen MR) is 92.6 cm³/mol. The molecular weight excluding hydrogens is 342 g/mol. The van der Waals surface area contributed by atoms with E-state index in [0.29, 0.717) is 31.0 Å². The molecule has 1 aromatic carbocycles. The van der Waals surface area contributed by atoms with Crippen molar-refractivity contribution in [2.75, 3.05) is 32.6 Å². The predicted octanol–water partition coefficient (Wildman–Crippen LogP) is 1.43. The Balaban J connectivity index is 0.00000484. The Morgan fingerprint density at radius 1 is 1.35 bits per heavy atom. The summed E-state index contributed by atoms with van der Waals surface area (Å²) in [7, 11) is -0.678. The fourth-order valence-corrected chi connectivity index (χ4v) is 2.66. The smallest absolute Gasteiger partial charge is 0.242 e. The first-order chi connectivity index (χ1) is 10.3. The number of nitrogens with zero attached hydrogens (tertiary/aromatic N) is 1. The molecule has 0 fully saturated rings. The molecule has 0 saturated carbocycles. The van der Waals surface area contributed by atoms with E-state index in [4.69, 9.17) is 10.5 Å². The maximum absolute atomic E-state index is 12.2. The molecule has 0 atom stereocenters. The van der Waals surface area contributed by atoms with Gasteiger partial charge in [0, 0.05) is 20.5 Å². The number of hydrogen-bond acceptors (Lipinski definition) is 5. The maximum atomic E-state index is 12.2. The number of hydrogen-bond donors (Lipinski definition) is 2. The molecule has 9 heteroatoms. The summed E-state index contributed by atoms with van der Waals surface area (Å²) in [5.41, 5.74) is 5.71. The third-order valence-electron chi connectivity index (χ3n) is 2.91. The lowest BCUT2D eigenvalue weighted by atomic mass is 10.2. The van der Waals surface area contributed by atoms with Crippen LogP contribution in [0, 0.1) is 0 Å². The number of ether oxygens (including phenoxy) is 1. The first-order valence-electron chi connectivity index (χ1n) is 7.02. The SMILES string of the molecule is CCOc1ccc(S(=O)(=O)N(C)C)cc1NC(=O)CCCN.Cl. The summed E-state index contributed by atoms with van der Waals surface area (Å²) < 4.78 is 30.9. The molecule has 1 rings (SSSR count). The molecule has 0 radical (unpaired) electrons. The molecule has 1 aromatic rings. The van der Waals surface area contributed by atoms with Gasteiger partial charge in [0.2, 0.25) is 15.9 Å². The van der Waals surface area contributed by atoms with Crippen molar-refractivity contribution in [2.45, 2.75) is 24.7 Å². The monoisotopic (exact) mass is 365 g/mol. The van der Waals surface area contributed by atoms with E-state index in [0.717, 1.165) is 4.31 Å². The zero-order chi connectivity index (χ0) is 16.8. The van der Waals surface area contributed by atoms with Gasteiger partial charge in [-0.15, -0.1) is 12.4 Å². The number of anilines is 1. The van der Waals surface area contributed by atoms with Gasteiger partial charge in [0.05, 0.1) is 17.2 Å². The van der Waals surface area contributed by atoms with Crippen molar-refractivity contribution in [3.63, 3.8) is 0 Å². The van der Waals surface area contributed by atoms with Crippen LogP contribution in [-0.4, -0.2) is 45.9 Å². The highest BCUT2D eigenvalue weighted by Gasteiger charge is 2.19. The number of sulfonamides is 1. The maximum Gasteiger partial charge on any atom is 0.242 e. The number of benzene rings is 1. The molecule has 0 aliphatic heterocycles. The van der Waals surface area contributed by atoms with Crippen LogP contribution in [0.1, 0.15) is 19.8 Å². The van der Waals surface area contributed by atoms with E-state index in [2.05, 4.69) is 5.32 Å². The summed E-state index contributed by atoms with van der Waals surface area (Å²) in [6.45, 7) is 2.64. The second kappa shape index (κ2) is 9.71. The third-order valence-corrected chi connectivity index (χ3v) is 4.72. The number of halogens is 1. The Morgan fingerprint density at radius 3 is 2.52 bits per heavy atom. The first-order valence-corrected chi connectivity index (χ1v) is 8.46. The summed E-state index contributed by atoms with van der Waals surface area (Å²) in [5, 5.41) is 2.68. The molecule has 0 saturated heterocycles. The highest BCUT2D eigenvalue weighted by molar-refractivity contribution is 7.89. The van der Waals surface area contributed by atoms with Crippen molar-refractivity contribution in [3.8, 4) is 5.75 Å². The Kier molecular flexibility index (Phi) is 9.14. The molecule has 3 N–H and O–H groups in total. The third kappa shape index (κ3) is 5.98. The molecule has 0 aliphatic carbocycles. The minimum Gasteiger partial charge on any atom is -0.492 e. The van der Waals surface area contributed by atoms with Crippen LogP contribution in [0.15, 0.2) is 23.1 Å². The van der Waals surface area contributed by atoms with Gasteiger partial charge >= 0.3 is 0 Å². The Morgan fingerprint density at radius 2 is 2.00 bits per heavy atom. The van der Waals surface area contributed by atoms with Crippen LogP contribution in [0.3, 0.4) is 0 Å². The quantitative estimate of drug-likeness (QED) is 0.725. The fraction of sp³-hybridized carbons (Fsp3) is 0.500. The van der Waals surface area contributed by atoms with Crippen LogP contribution in [0.4, 0.5) is 5.69 Å². The molecule has 0 heterocycles. The van der Waals surface area contributed by atoms with Crippen LogP contribution in [0.2, 0.25) is 0 Å². The lowest BCUT2D eigenvalue weighted by molar-refractivity contribution is -0.116. The Labute approximate surface area is 143 Å². The molecule has 132 valence electrons. The minimum absolute atomic E-state index is 0. The van der Waals surface area contributed by atoms with Crippen LogP contribution >= 0.6 is 12.4 Å². The summed E-state index contributed by atoms with van der Waals surface area (Å²) in [4.78, 5) is 11.9. The lowest BCUT2D eigenvalue weighted by Gasteiger charge is -2.15. The number of nitrogens with one attached hydrogen (secondary N) is 1. The van der Waals surface area contributed by atoms with E-state index >= 15 is 0 Å². The number of rotatable bonds is 8. The molecule has 23 heavy (non-hydrogen) atoms. The number of amides is 1. The molecule has 1 amide bonds. The standard InChI is InChI=1S/C14H23N3O4S.ClH/c1-4-21-13-8-7-11(22(19,20)17(2)3)10-12(13)16-14(18)6-5-9-15;/h7-8,10H,4-6,9,15H2,1-3H3,(H,16,18);1H. The van der Waals surface area contributed by atoms with E-state index in [1.807, 2.05) is 6.92 Å². The van der Waals surface area contributed by atoms with Crippen LogP contribution in [0.25, 0.3) is 0 Å². The van der Waals surface area contributed by atoms with Gasteiger partial charge in [-0.3, -0.25) is 4.79 Å². The molecule has 0 aliphatic rings. The molecule has 0 spiro atoms. The average molecular weight is 366 g/mol. The Bertz CT molecular complexity index is 620. The van der Waals surface area contributed by atoms with Crippen molar-refractivity contribution < 1.29 is 17.9 Å². The first kappa shape index (κ1) is 21.6. The highest BCUT2D eigenvalue weighted by atomic mass is 35.5. The van der Waals surface area contributed by atoms with Gasteiger partial charge in [-0.25, -0.2) is 12.7 Å². The molecular formula is C14H24ClN3O4S. The van der Waals surface area contributed by atoms with Gasteiger partial charge < -0.3 is 15.8 Å². The summed E-state index contributed by atoms with van der Waals surface area (Å²) >= 11 is 0. The van der Waals surface area contributed by atoms with Gasteiger partial charge in [-0.1, -0.05) is 0 Å². The van der Waals surface area contributed by atoms with E-state index in [1.54, 1.807) is 6.07 Å². The van der Waals surface area contributed by atoms with Crippen molar-refractivity contribution in [1.82, 2.24) is 4.31 Å². The normalized spacial score (nSPS) is 11.0. The largest absolute Gasteiger partial charge is 0.492 e. The fourth-order valence-electron chi connectivity index (χ4n) is 1.73. The molecule has 0 bridgehead atoms. The number of nitrogens with two attached hydrogens (primary N) is 1. The van der Waals surface area contributed by atoms with Gasteiger partial charge in [0.15, 0.2) is 0 Å². The van der Waals surface area contributed by atoms with Gasteiger partial charge in [-0.05, 0) is 38.1 Å². The zero-order valence-corrected chi connectivity index (χ0v) is 15.2. The summed E-state index contributed by atoms with van der Waals surface area (Å²) in [5.74, 6) is 0.201. The van der Waals surface area contributed by atoms with E-state index < -0.39 is 10.0 Å². The molecule has 0 unspecified atom stereocenters. The second-order valence-electron chi connectivity index (χ2n) is 4.82. The van der Waals surface area contributed by atoms with Gasteiger partial charge in [0.25, 0.3) is 0 Å². The van der Waals surface area contributed by atoms with E-state index in [-0.39, 0.29) is 29.6 Å². The van der Waals surface area contributed by atoms with Crippen molar-refractivity contribution in [1.29, 1.82) is 0 Å². The number of carbonyl (C=O) groups is 1. The summed E-state index contributed by atoms with van der Waals surface area (Å²) in [6.07, 6.45) is 0.832. The molecule has 7 nitrogen and oxygen atoms in total. The van der Waals surface area contributed by atoms with Crippen molar-refractivity contribution in [3.05, 3.63) is 18.2 Å². The average Bonchev–Trinajstić information content (AvgIpc) is 2.46.